The van der Waals surface area contributed by atoms with Gasteiger partial charge in [-0.1, -0.05) is 13.8 Å². The predicted octanol–water partition coefficient (Wildman–Crippen LogP) is 1.65. The Labute approximate surface area is 115 Å². The molecule has 1 aliphatic heterocycles. The minimum Gasteiger partial charge on any atom is -0.469 e. The van der Waals surface area contributed by atoms with Crippen LogP contribution in [0, 0.1) is 5.41 Å². The summed E-state index contributed by atoms with van der Waals surface area (Å²) in [7, 11) is 1.36. The van der Waals surface area contributed by atoms with Crippen molar-refractivity contribution in [1.82, 2.24) is 5.32 Å². The first kappa shape index (κ1) is 16.0. The molecule has 1 rings (SSSR count). The van der Waals surface area contributed by atoms with E-state index in [4.69, 9.17) is 4.74 Å². The van der Waals surface area contributed by atoms with Gasteiger partial charge in [0, 0.05) is 13.0 Å². The quantitative estimate of drug-likeness (QED) is 0.746. The SMILES string of the molecule is COC(=O)CC(C)(C)CC(=O)N[C@H](C)[C@@H]1CCCO1. The highest BCUT2D eigenvalue weighted by Gasteiger charge is 2.28. The monoisotopic (exact) mass is 271 g/mol. The summed E-state index contributed by atoms with van der Waals surface area (Å²) in [5.74, 6) is -0.332. The molecule has 0 radical (unpaired) electrons. The molecule has 2 atom stereocenters. The molecule has 0 saturated carbocycles. The Morgan fingerprint density at radius 2 is 2.11 bits per heavy atom. The van der Waals surface area contributed by atoms with Crippen LogP contribution in [0.5, 0.6) is 0 Å². The van der Waals surface area contributed by atoms with Gasteiger partial charge in [-0.05, 0) is 25.2 Å². The summed E-state index contributed by atoms with van der Waals surface area (Å²) in [4.78, 5) is 23.2. The number of hydrogen-bond donors (Lipinski definition) is 1. The van der Waals surface area contributed by atoms with Gasteiger partial charge < -0.3 is 14.8 Å². The second-order valence-electron chi connectivity index (χ2n) is 6.00. The number of carbonyl (C=O) groups is 2. The van der Waals surface area contributed by atoms with Crippen molar-refractivity contribution in [1.29, 1.82) is 0 Å². The van der Waals surface area contributed by atoms with Crippen LogP contribution in [0.3, 0.4) is 0 Å². The third-order valence-electron chi connectivity index (χ3n) is 3.40. The largest absolute Gasteiger partial charge is 0.469 e. The van der Waals surface area contributed by atoms with E-state index in [1.54, 1.807) is 0 Å². The van der Waals surface area contributed by atoms with Crippen molar-refractivity contribution in [3.8, 4) is 0 Å². The number of ether oxygens (including phenoxy) is 2. The molecular formula is C14H25NO4. The van der Waals surface area contributed by atoms with Crippen LogP contribution in [-0.2, 0) is 19.1 Å². The molecule has 1 amide bonds. The summed E-state index contributed by atoms with van der Waals surface area (Å²) in [6.07, 6.45) is 2.71. The lowest BCUT2D eigenvalue weighted by atomic mass is 9.85. The molecule has 1 heterocycles. The maximum Gasteiger partial charge on any atom is 0.306 e. The lowest BCUT2D eigenvalue weighted by molar-refractivity contribution is -0.143. The third-order valence-corrected chi connectivity index (χ3v) is 3.40. The number of hydrogen-bond acceptors (Lipinski definition) is 4. The van der Waals surface area contributed by atoms with Gasteiger partial charge in [0.25, 0.3) is 0 Å². The van der Waals surface area contributed by atoms with Gasteiger partial charge in [0.15, 0.2) is 0 Å². The zero-order chi connectivity index (χ0) is 14.5. The molecular weight excluding hydrogens is 246 g/mol. The Morgan fingerprint density at radius 3 is 2.63 bits per heavy atom. The summed E-state index contributed by atoms with van der Waals surface area (Å²) in [5.41, 5.74) is -0.395. The second-order valence-corrected chi connectivity index (χ2v) is 6.00. The number of carbonyl (C=O) groups excluding carboxylic acids is 2. The lowest BCUT2D eigenvalue weighted by Gasteiger charge is -2.25. The number of nitrogens with one attached hydrogen (secondary N) is 1. The van der Waals surface area contributed by atoms with Crippen LogP contribution in [0.4, 0.5) is 0 Å². The van der Waals surface area contributed by atoms with Crippen molar-refractivity contribution in [3.05, 3.63) is 0 Å². The molecule has 1 saturated heterocycles. The van der Waals surface area contributed by atoms with E-state index in [2.05, 4.69) is 10.1 Å². The van der Waals surface area contributed by atoms with Gasteiger partial charge in [0.1, 0.15) is 0 Å². The van der Waals surface area contributed by atoms with E-state index < -0.39 is 5.41 Å². The number of methoxy groups -OCH3 is 1. The van der Waals surface area contributed by atoms with Crippen LogP contribution < -0.4 is 5.32 Å². The highest BCUT2D eigenvalue weighted by molar-refractivity contribution is 5.78. The maximum absolute atomic E-state index is 12.0. The van der Waals surface area contributed by atoms with Gasteiger partial charge in [-0.3, -0.25) is 9.59 Å². The first-order valence-electron chi connectivity index (χ1n) is 6.82. The molecule has 0 aromatic carbocycles. The van der Waals surface area contributed by atoms with Crippen molar-refractivity contribution in [2.75, 3.05) is 13.7 Å². The molecule has 5 heteroatoms. The summed E-state index contributed by atoms with van der Waals surface area (Å²) in [6, 6.07) is 0.0175. The normalized spacial score (nSPS) is 20.9. The minimum absolute atomic E-state index is 0.0175. The molecule has 0 aromatic rings. The fourth-order valence-corrected chi connectivity index (χ4v) is 2.35. The van der Waals surface area contributed by atoms with Crippen molar-refractivity contribution in [2.45, 2.75) is 58.6 Å². The Kier molecular flexibility index (Phi) is 5.79. The van der Waals surface area contributed by atoms with E-state index in [1.807, 2.05) is 20.8 Å². The maximum atomic E-state index is 12.0. The van der Waals surface area contributed by atoms with Gasteiger partial charge in [0.2, 0.25) is 5.91 Å². The zero-order valence-corrected chi connectivity index (χ0v) is 12.3. The van der Waals surface area contributed by atoms with Crippen LogP contribution in [0.25, 0.3) is 0 Å². The summed E-state index contributed by atoms with van der Waals surface area (Å²) >= 11 is 0. The summed E-state index contributed by atoms with van der Waals surface area (Å²) < 4.78 is 10.2. The van der Waals surface area contributed by atoms with E-state index in [9.17, 15) is 9.59 Å². The fraction of sp³-hybridized carbons (Fsp3) is 0.857. The van der Waals surface area contributed by atoms with Crippen molar-refractivity contribution >= 4 is 11.9 Å². The van der Waals surface area contributed by atoms with Crippen LogP contribution in [0.1, 0.15) is 46.5 Å². The van der Waals surface area contributed by atoms with E-state index in [1.165, 1.54) is 7.11 Å². The molecule has 0 unspecified atom stereocenters. The molecule has 0 aliphatic carbocycles. The number of amides is 1. The standard InChI is InChI=1S/C14H25NO4/c1-10(11-6-5-7-19-11)15-12(16)8-14(2,3)9-13(17)18-4/h10-11H,5-9H2,1-4H3,(H,15,16)/t10-,11+/m1/s1. The van der Waals surface area contributed by atoms with Crippen molar-refractivity contribution in [3.63, 3.8) is 0 Å². The average molecular weight is 271 g/mol. The Balaban J connectivity index is 2.38. The molecule has 0 aromatic heterocycles. The van der Waals surface area contributed by atoms with Gasteiger partial charge in [0.05, 0.1) is 25.7 Å². The molecule has 1 aliphatic rings. The van der Waals surface area contributed by atoms with E-state index in [0.29, 0.717) is 6.42 Å². The van der Waals surface area contributed by atoms with Crippen molar-refractivity contribution in [2.24, 2.45) is 5.41 Å². The first-order chi connectivity index (χ1) is 8.84. The van der Waals surface area contributed by atoms with Crippen LogP contribution in [0.2, 0.25) is 0 Å². The molecule has 0 bridgehead atoms. The molecule has 110 valence electrons. The first-order valence-corrected chi connectivity index (χ1v) is 6.82. The van der Waals surface area contributed by atoms with E-state index in [-0.39, 0.29) is 30.4 Å². The topological polar surface area (TPSA) is 64.6 Å². The van der Waals surface area contributed by atoms with Crippen LogP contribution >= 0.6 is 0 Å². The summed E-state index contributed by atoms with van der Waals surface area (Å²) in [5, 5.41) is 2.95. The minimum atomic E-state index is -0.395. The molecule has 1 N–H and O–H groups in total. The highest BCUT2D eigenvalue weighted by atomic mass is 16.5. The van der Waals surface area contributed by atoms with Crippen molar-refractivity contribution < 1.29 is 19.1 Å². The second kappa shape index (κ2) is 6.89. The molecule has 5 nitrogen and oxygen atoms in total. The van der Waals surface area contributed by atoms with Gasteiger partial charge in [-0.15, -0.1) is 0 Å². The Hall–Kier alpha value is -1.10. The zero-order valence-electron chi connectivity index (χ0n) is 12.3. The lowest BCUT2D eigenvalue weighted by Crippen LogP contribution is -2.42. The highest BCUT2D eigenvalue weighted by Crippen LogP contribution is 2.25. The van der Waals surface area contributed by atoms with Crippen LogP contribution in [-0.4, -0.2) is 37.7 Å². The van der Waals surface area contributed by atoms with Crippen LogP contribution in [0.15, 0.2) is 0 Å². The number of esters is 1. The van der Waals surface area contributed by atoms with Gasteiger partial charge in [-0.25, -0.2) is 0 Å². The Morgan fingerprint density at radius 1 is 1.42 bits per heavy atom. The number of rotatable bonds is 6. The predicted molar refractivity (Wildman–Crippen MR) is 71.6 cm³/mol. The van der Waals surface area contributed by atoms with E-state index in [0.717, 1.165) is 19.4 Å². The molecule has 0 spiro atoms. The summed E-state index contributed by atoms with van der Waals surface area (Å²) in [6.45, 7) is 6.51. The average Bonchev–Trinajstić information content (AvgIpc) is 2.80. The third kappa shape index (κ3) is 5.59. The molecule has 19 heavy (non-hydrogen) atoms. The van der Waals surface area contributed by atoms with Gasteiger partial charge in [-0.2, -0.15) is 0 Å². The smallest absolute Gasteiger partial charge is 0.306 e. The van der Waals surface area contributed by atoms with E-state index >= 15 is 0 Å². The fourth-order valence-electron chi connectivity index (χ4n) is 2.35. The van der Waals surface area contributed by atoms with Gasteiger partial charge >= 0.3 is 5.97 Å². The Bertz CT molecular complexity index is 321. The molecule has 1 fully saturated rings.